The minimum Gasteiger partial charge on any atom is -0.508 e. The lowest BCUT2D eigenvalue weighted by Gasteiger charge is -2.07. The molecule has 0 heterocycles. The predicted octanol–water partition coefficient (Wildman–Crippen LogP) is 3.11. The van der Waals surface area contributed by atoms with E-state index in [2.05, 4.69) is 33.0 Å². The fourth-order valence-corrected chi connectivity index (χ4v) is 2.94. The first-order valence-electron chi connectivity index (χ1n) is 6.75. The molecule has 0 spiro atoms. The molecule has 0 bridgehead atoms. The largest absolute Gasteiger partial charge is 0.508 e. The van der Waals surface area contributed by atoms with Gasteiger partial charge in [-0.1, -0.05) is 27.7 Å². The van der Waals surface area contributed by atoms with Crippen molar-refractivity contribution in [1.29, 1.82) is 0 Å². The third-order valence-corrected chi connectivity index (χ3v) is 5.25. The summed E-state index contributed by atoms with van der Waals surface area (Å²) in [6.45, 7) is 11.5. The molecule has 0 saturated heterocycles. The molecule has 104 valence electrons. The Labute approximate surface area is 115 Å². The molecule has 1 fully saturated rings. The van der Waals surface area contributed by atoms with Gasteiger partial charge in [0, 0.05) is 12.1 Å². The lowest BCUT2D eigenvalue weighted by atomic mass is 10.0. The van der Waals surface area contributed by atoms with Crippen molar-refractivity contribution in [1.82, 2.24) is 5.32 Å². The average Bonchev–Trinajstić information content (AvgIpc) is 2.70. The Balaban J connectivity index is 1.98. The van der Waals surface area contributed by atoms with Gasteiger partial charge in [0.1, 0.15) is 5.75 Å². The van der Waals surface area contributed by atoms with E-state index in [1.165, 1.54) is 0 Å². The second-order valence-electron chi connectivity index (χ2n) is 6.71. The van der Waals surface area contributed by atoms with Gasteiger partial charge in [0.15, 0.2) is 0 Å². The Morgan fingerprint density at radius 1 is 1.26 bits per heavy atom. The zero-order valence-corrected chi connectivity index (χ0v) is 12.4. The summed E-state index contributed by atoms with van der Waals surface area (Å²) >= 11 is 0. The van der Waals surface area contributed by atoms with Crippen molar-refractivity contribution in [3.63, 3.8) is 0 Å². The summed E-state index contributed by atoms with van der Waals surface area (Å²) in [7, 11) is 0. The van der Waals surface area contributed by atoms with Crippen molar-refractivity contribution in [2.75, 3.05) is 6.54 Å². The van der Waals surface area contributed by atoms with E-state index in [1.54, 1.807) is 25.1 Å². The smallest absolute Gasteiger partial charge is 0.251 e. The number of carbonyl (C=O) groups excluding carboxylic acids is 1. The van der Waals surface area contributed by atoms with Crippen LogP contribution in [0.15, 0.2) is 18.2 Å². The van der Waals surface area contributed by atoms with Crippen molar-refractivity contribution in [2.45, 2.75) is 34.6 Å². The molecule has 0 atom stereocenters. The number of rotatable bonds is 3. The minimum atomic E-state index is -0.0680. The molecule has 1 aromatic rings. The Morgan fingerprint density at radius 2 is 1.84 bits per heavy atom. The Kier molecular flexibility index (Phi) is 3.12. The molecule has 2 N–H and O–H groups in total. The molecule has 1 saturated carbocycles. The average molecular weight is 261 g/mol. The highest BCUT2D eigenvalue weighted by Crippen LogP contribution is 2.67. The first-order valence-corrected chi connectivity index (χ1v) is 6.75. The number of phenols is 1. The number of aryl methyl sites for hydroxylation is 1. The van der Waals surface area contributed by atoms with Gasteiger partial charge < -0.3 is 10.4 Å². The van der Waals surface area contributed by atoms with Crippen LogP contribution < -0.4 is 5.32 Å². The van der Waals surface area contributed by atoms with Gasteiger partial charge in [-0.2, -0.15) is 0 Å². The van der Waals surface area contributed by atoms with Crippen LogP contribution >= 0.6 is 0 Å². The summed E-state index contributed by atoms with van der Waals surface area (Å²) < 4.78 is 0. The lowest BCUT2D eigenvalue weighted by molar-refractivity contribution is 0.0950. The standard InChI is InChI=1S/C16H23NO2/c1-10-8-11(6-7-12(10)18)14(19)17-9-13-15(2,3)16(13,4)5/h6-8,13,18H,9H2,1-5H3,(H,17,19). The lowest BCUT2D eigenvalue weighted by Crippen LogP contribution is -2.27. The van der Waals surface area contributed by atoms with Gasteiger partial charge in [0.2, 0.25) is 0 Å². The third-order valence-electron chi connectivity index (χ3n) is 5.25. The van der Waals surface area contributed by atoms with Crippen LogP contribution in [-0.4, -0.2) is 17.6 Å². The zero-order valence-electron chi connectivity index (χ0n) is 12.4. The van der Waals surface area contributed by atoms with Crippen LogP contribution in [0.3, 0.4) is 0 Å². The highest BCUT2D eigenvalue weighted by atomic mass is 16.3. The molecule has 19 heavy (non-hydrogen) atoms. The van der Waals surface area contributed by atoms with E-state index in [9.17, 15) is 9.90 Å². The van der Waals surface area contributed by atoms with Crippen molar-refractivity contribution in [2.24, 2.45) is 16.7 Å². The number of hydrogen-bond donors (Lipinski definition) is 2. The van der Waals surface area contributed by atoms with Crippen LogP contribution in [0.5, 0.6) is 5.75 Å². The number of amides is 1. The molecule has 0 unspecified atom stereocenters. The van der Waals surface area contributed by atoms with Crippen LogP contribution in [0.1, 0.15) is 43.6 Å². The van der Waals surface area contributed by atoms with Gasteiger partial charge in [0.25, 0.3) is 5.91 Å². The van der Waals surface area contributed by atoms with Gasteiger partial charge >= 0.3 is 0 Å². The highest BCUT2D eigenvalue weighted by molar-refractivity contribution is 5.94. The summed E-state index contributed by atoms with van der Waals surface area (Å²) in [5.74, 6) is 0.671. The zero-order chi connectivity index (χ0) is 14.4. The Hall–Kier alpha value is -1.51. The number of carbonyl (C=O) groups is 1. The molecule has 1 amide bonds. The molecule has 1 aliphatic carbocycles. The summed E-state index contributed by atoms with van der Waals surface area (Å²) in [5, 5.41) is 12.5. The van der Waals surface area contributed by atoms with Gasteiger partial charge in [-0.3, -0.25) is 4.79 Å². The van der Waals surface area contributed by atoms with Gasteiger partial charge in [0.05, 0.1) is 0 Å². The van der Waals surface area contributed by atoms with E-state index in [0.29, 0.717) is 18.0 Å². The van der Waals surface area contributed by atoms with E-state index in [1.807, 2.05) is 0 Å². The molecule has 3 nitrogen and oxygen atoms in total. The fraction of sp³-hybridized carbons (Fsp3) is 0.562. The number of hydrogen-bond acceptors (Lipinski definition) is 2. The summed E-state index contributed by atoms with van der Waals surface area (Å²) in [4.78, 5) is 12.1. The van der Waals surface area contributed by atoms with Gasteiger partial charge in [-0.05, 0) is 47.4 Å². The van der Waals surface area contributed by atoms with Gasteiger partial charge in [-0.25, -0.2) is 0 Å². The van der Waals surface area contributed by atoms with E-state index in [4.69, 9.17) is 0 Å². The quantitative estimate of drug-likeness (QED) is 0.878. The van der Waals surface area contributed by atoms with Crippen LogP contribution in [0.2, 0.25) is 0 Å². The number of phenolic OH excluding ortho intramolecular Hbond substituents is 1. The van der Waals surface area contributed by atoms with E-state index < -0.39 is 0 Å². The monoisotopic (exact) mass is 261 g/mol. The van der Waals surface area contributed by atoms with Crippen LogP contribution in [0.25, 0.3) is 0 Å². The molecular weight excluding hydrogens is 238 g/mol. The van der Waals surface area contributed by atoms with Crippen molar-refractivity contribution >= 4 is 5.91 Å². The van der Waals surface area contributed by atoms with Crippen LogP contribution in [0, 0.1) is 23.7 Å². The second kappa shape index (κ2) is 4.26. The molecule has 0 radical (unpaired) electrons. The number of aromatic hydroxyl groups is 1. The first kappa shape index (κ1) is 13.9. The van der Waals surface area contributed by atoms with Crippen LogP contribution in [-0.2, 0) is 0 Å². The molecular formula is C16H23NO2. The molecule has 1 aliphatic rings. The highest BCUT2D eigenvalue weighted by Gasteiger charge is 2.64. The summed E-state index contributed by atoms with van der Waals surface area (Å²) in [6, 6.07) is 4.93. The summed E-state index contributed by atoms with van der Waals surface area (Å²) in [5.41, 5.74) is 1.89. The SMILES string of the molecule is Cc1cc(C(=O)NCC2C(C)(C)C2(C)C)ccc1O. The van der Waals surface area contributed by atoms with E-state index in [-0.39, 0.29) is 22.5 Å². The Morgan fingerprint density at radius 3 is 2.32 bits per heavy atom. The van der Waals surface area contributed by atoms with E-state index >= 15 is 0 Å². The molecule has 0 aromatic heterocycles. The second-order valence-corrected chi connectivity index (χ2v) is 6.71. The normalized spacial score (nSPS) is 20.1. The topological polar surface area (TPSA) is 49.3 Å². The Bertz CT molecular complexity index is 503. The van der Waals surface area contributed by atoms with E-state index in [0.717, 1.165) is 5.56 Å². The third kappa shape index (κ3) is 2.22. The molecule has 3 heteroatoms. The maximum atomic E-state index is 12.1. The predicted molar refractivity (Wildman–Crippen MR) is 76.2 cm³/mol. The van der Waals surface area contributed by atoms with Crippen molar-refractivity contribution in [3.05, 3.63) is 29.3 Å². The molecule has 0 aliphatic heterocycles. The molecule has 1 aromatic carbocycles. The van der Waals surface area contributed by atoms with Crippen molar-refractivity contribution < 1.29 is 9.90 Å². The van der Waals surface area contributed by atoms with Gasteiger partial charge in [-0.15, -0.1) is 0 Å². The maximum absolute atomic E-state index is 12.1. The summed E-state index contributed by atoms with van der Waals surface area (Å²) in [6.07, 6.45) is 0. The molecule has 2 rings (SSSR count). The number of benzene rings is 1. The van der Waals surface area contributed by atoms with Crippen molar-refractivity contribution in [3.8, 4) is 5.75 Å². The minimum absolute atomic E-state index is 0.0680. The first-order chi connectivity index (χ1) is 8.68. The van der Waals surface area contributed by atoms with Crippen LogP contribution in [0.4, 0.5) is 0 Å². The number of nitrogens with one attached hydrogen (secondary N) is 1. The maximum Gasteiger partial charge on any atom is 0.251 e. The fourth-order valence-electron chi connectivity index (χ4n) is 2.94.